The molecule has 0 radical (unpaired) electrons. The highest BCUT2D eigenvalue weighted by Crippen LogP contribution is 2.34. The number of esters is 2. The van der Waals surface area contributed by atoms with Crippen LogP contribution in [0, 0.1) is 25.2 Å². The lowest BCUT2D eigenvalue weighted by atomic mass is 10.1. The zero-order chi connectivity index (χ0) is 25.3. The molecule has 0 saturated heterocycles. The first-order chi connectivity index (χ1) is 16.2. The molecule has 2 aromatic rings. The van der Waals surface area contributed by atoms with Crippen molar-refractivity contribution in [3.8, 4) is 17.6 Å². The Balaban J connectivity index is 2.26. The van der Waals surface area contributed by atoms with E-state index in [4.69, 9.17) is 18.9 Å². The second-order valence-corrected chi connectivity index (χ2v) is 8.06. The van der Waals surface area contributed by atoms with Crippen LogP contribution in [0.2, 0.25) is 0 Å². The summed E-state index contributed by atoms with van der Waals surface area (Å²) in [6.07, 6.45) is 1.38. The fraction of sp³-hybridized carbons (Fsp3) is 0.333. The van der Waals surface area contributed by atoms with E-state index in [1.807, 2.05) is 13.0 Å². The average molecular weight is 487 g/mol. The topological polar surface area (TPSA) is 124 Å². The van der Waals surface area contributed by atoms with E-state index in [1.165, 1.54) is 24.5 Å². The molecule has 34 heavy (non-hydrogen) atoms. The van der Waals surface area contributed by atoms with Gasteiger partial charge in [-0.15, -0.1) is 11.3 Å². The Morgan fingerprint density at radius 2 is 1.82 bits per heavy atom. The van der Waals surface area contributed by atoms with E-state index in [2.05, 4.69) is 5.32 Å². The van der Waals surface area contributed by atoms with Gasteiger partial charge in [0.2, 0.25) is 0 Å². The quantitative estimate of drug-likeness (QED) is 0.303. The number of thiophene rings is 1. The van der Waals surface area contributed by atoms with Crippen LogP contribution in [0.4, 0.5) is 5.00 Å². The van der Waals surface area contributed by atoms with Gasteiger partial charge in [-0.05, 0) is 57.0 Å². The number of rotatable bonds is 10. The third-order valence-electron chi connectivity index (χ3n) is 4.61. The van der Waals surface area contributed by atoms with Crippen molar-refractivity contribution in [2.24, 2.45) is 0 Å². The summed E-state index contributed by atoms with van der Waals surface area (Å²) >= 11 is 1.23. The fourth-order valence-corrected chi connectivity index (χ4v) is 3.93. The van der Waals surface area contributed by atoms with Gasteiger partial charge in [-0.2, -0.15) is 5.26 Å². The van der Waals surface area contributed by atoms with Gasteiger partial charge in [-0.1, -0.05) is 6.07 Å². The molecule has 0 aliphatic carbocycles. The van der Waals surface area contributed by atoms with Crippen molar-refractivity contribution < 1.29 is 33.3 Å². The number of nitriles is 1. The van der Waals surface area contributed by atoms with Crippen molar-refractivity contribution in [2.45, 2.75) is 27.7 Å². The fourth-order valence-electron chi connectivity index (χ4n) is 2.88. The number of carbonyl (C=O) groups excluding carboxylic acids is 3. The smallest absolute Gasteiger partial charge is 0.344 e. The molecule has 0 bridgehead atoms. The summed E-state index contributed by atoms with van der Waals surface area (Å²) < 4.78 is 20.6. The normalized spacial score (nSPS) is 10.8. The molecule has 0 atom stereocenters. The van der Waals surface area contributed by atoms with Crippen molar-refractivity contribution in [1.29, 1.82) is 5.26 Å². The molecule has 0 aliphatic rings. The number of amides is 1. The Kier molecular flexibility index (Phi) is 9.64. The molecule has 10 heteroatoms. The summed E-state index contributed by atoms with van der Waals surface area (Å²) in [6, 6.07) is 6.61. The lowest BCUT2D eigenvalue weighted by Gasteiger charge is -2.11. The summed E-state index contributed by atoms with van der Waals surface area (Å²) in [6.45, 7) is 7.15. The maximum Gasteiger partial charge on any atom is 0.344 e. The standard InChI is InChI=1S/C24H26N2O7S/c1-6-31-20(27)13-33-18-9-8-16(11-19(18)30-5)10-17(12-25)22(28)26-23-21(24(29)32-7-2)14(3)15(4)34-23/h8-11H,6-7,13H2,1-5H3,(H,26,28)/b17-10+. The highest BCUT2D eigenvalue weighted by molar-refractivity contribution is 7.16. The minimum atomic E-state index is -0.670. The number of methoxy groups -OCH3 is 1. The van der Waals surface area contributed by atoms with Crippen molar-refractivity contribution in [3.63, 3.8) is 0 Å². The van der Waals surface area contributed by atoms with E-state index >= 15 is 0 Å². The molecule has 1 N–H and O–H groups in total. The number of hydrogen-bond donors (Lipinski definition) is 1. The van der Waals surface area contributed by atoms with Gasteiger partial charge < -0.3 is 24.3 Å². The van der Waals surface area contributed by atoms with Crippen LogP contribution >= 0.6 is 11.3 Å². The van der Waals surface area contributed by atoms with E-state index in [1.54, 1.807) is 39.0 Å². The first-order valence-corrected chi connectivity index (χ1v) is 11.2. The molecule has 0 fully saturated rings. The lowest BCUT2D eigenvalue weighted by molar-refractivity contribution is -0.145. The molecular weight excluding hydrogens is 460 g/mol. The second kappa shape index (κ2) is 12.4. The van der Waals surface area contributed by atoms with E-state index in [9.17, 15) is 19.6 Å². The first kappa shape index (κ1) is 26.4. The van der Waals surface area contributed by atoms with Crippen molar-refractivity contribution in [2.75, 3.05) is 32.2 Å². The van der Waals surface area contributed by atoms with Crippen LogP contribution in [0.3, 0.4) is 0 Å². The third-order valence-corrected chi connectivity index (χ3v) is 5.73. The number of benzene rings is 1. The highest BCUT2D eigenvalue weighted by atomic mass is 32.1. The average Bonchev–Trinajstić information content (AvgIpc) is 3.09. The highest BCUT2D eigenvalue weighted by Gasteiger charge is 2.23. The Bertz CT molecular complexity index is 1140. The summed E-state index contributed by atoms with van der Waals surface area (Å²) in [5.74, 6) is -1.11. The van der Waals surface area contributed by atoms with Crippen LogP contribution in [-0.2, 0) is 19.1 Å². The molecule has 9 nitrogen and oxygen atoms in total. The molecule has 1 aromatic heterocycles. The zero-order valence-electron chi connectivity index (χ0n) is 19.6. The summed E-state index contributed by atoms with van der Waals surface area (Å²) in [5.41, 5.74) is 1.31. The van der Waals surface area contributed by atoms with Gasteiger partial charge in [-0.3, -0.25) is 4.79 Å². The molecule has 0 aliphatic heterocycles. The number of nitrogens with one attached hydrogen (secondary N) is 1. The number of carbonyl (C=O) groups is 3. The van der Waals surface area contributed by atoms with Crippen LogP contribution in [0.15, 0.2) is 23.8 Å². The maximum absolute atomic E-state index is 12.8. The Morgan fingerprint density at radius 3 is 2.44 bits per heavy atom. The van der Waals surface area contributed by atoms with Crippen LogP contribution in [0.1, 0.15) is 40.2 Å². The van der Waals surface area contributed by atoms with Gasteiger partial charge in [0, 0.05) is 4.88 Å². The number of hydrogen-bond acceptors (Lipinski definition) is 9. The van der Waals surface area contributed by atoms with Crippen molar-refractivity contribution in [1.82, 2.24) is 0 Å². The second-order valence-electron chi connectivity index (χ2n) is 6.84. The van der Waals surface area contributed by atoms with Gasteiger partial charge in [0.15, 0.2) is 18.1 Å². The monoisotopic (exact) mass is 486 g/mol. The zero-order valence-corrected chi connectivity index (χ0v) is 20.5. The van der Waals surface area contributed by atoms with Crippen LogP contribution in [0.25, 0.3) is 6.08 Å². The van der Waals surface area contributed by atoms with Gasteiger partial charge in [0.1, 0.15) is 16.6 Å². The van der Waals surface area contributed by atoms with Crippen LogP contribution in [0.5, 0.6) is 11.5 Å². The van der Waals surface area contributed by atoms with Crippen molar-refractivity contribution >= 4 is 40.3 Å². The lowest BCUT2D eigenvalue weighted by Crippen LogP contribution is -2.16. The Hall–Kier alpha value is -3.84. The molecule has 0 unspecified atom stereocenters. The summed E-state index contributed by atoms with van der Waals surface area (Å²) in [4.78, 5) is 37.5. The Morgan fingerprint density at radius 1 is 1.12 bits per heavy atom. The molecule has 180 valence electrons. The molecule has 1 amide bonds. The summed E-state index contributed by atoms with van der Waals surface area (Å²) in [5, 5.41) is 12.5. The van der Waals surface area contributed by atoms with Gasteiger partial charge >= 0.3 is 11.9 Å². The minimum Gasteiger partial charge on any atom is -0.493 e. The maximum atomic E-state index is 12.8. The number of aryl methyl sites for hydroxylation is 1. The summed E-state index contributed by atoms with van der Waals surface area (Å²) in [7, 11) is 1.43. The van der Waals surface area contributed by atoms with Gasteiger partial charge in [-0.25, -0.2) is 9.59 Å². The molecule has 2 rings (SSSR count). The molecule has 1 aromatic carbocycles. The molecule has 0 saturated carbocycles. The number of ether oxygens (including phenoxy) is 4. The van der Waals surface area contributed by atoms with Crippen LogP contribution < -0.4 is 14.8 Å². The van der Waals surface area contributed by atoms with E-state index in [-0.39, 0.29) is 31.0 Å². The minimum absolute atomic E-state index is 0.180. The van der Waals surface area contributed by atoms with E-state index < -0.39 is 17.8 Å². The van der Waals surface area contributed by atoms with Gasteiger partial charge in [0.25, 0.3) is 5.91 Å². The first-order valence-electron chi connectivity index (χ1n) is 10.4. The molecular formula is C24H26N2O7S. The number of anilines is 1. The molecule has 0 spiro atoms. The third kappa shape index (κ3) is 6.59. The van der Waals surface area contributed by atoms with E-state index in [0.29, 0.717) is 27.6 Å². The predicted molar refractivity (Wildman–Crippen MR) is 127 cm³/mol. The largest absolute Gasteiger partial charge is 0.493 e. The number of nitrogens with zero attached hydrogens (tertiary/aromatic N) is 1. The SMILES string of the molecule is CCOC(=O)COc1ccc(/C=C(\C#N)C(=O)Nc2sc(C)c(C)c2C(=O)OCC)cc1OC. The van der Waals surface area contributed by atoms with Gasteiger partial charge in [0.05, 0.1) is 25.9 Å². The van der Waals surface area contributed by atoms with E-state index in [0.717, 1.165) is 4.88 Å². The predicted octanol–water partition coefficient (Wildman–Crippen LogP) is 4.04. The van der Waals surface area contributed by atoms with Crippen molar-refractivity contribution in [3.05, 3.63) is 45.3 Å². The van der Waals surface area contributed by atoms with Crippen LogP contribution in [-0.4, -0.2) is 44.8 Å². The Labute approximate surface area is 201 Å². The molecule has 1 heterocycles.